The molecule has 2 heterocycles. The van der Waals surface area contributed by atoms with Gasteiger partial charge in [0.15, 0.2) is 17.5 Å². The van der Waals surface area contributed by atoms with Gasteiger partial charge in [-0.05, 0) is 54.0 Å². The zero-order chi connectivity index (χ0) is 27.6. The fraction of sp³-hybridized carbons (Fsp3) is 0.379. The highest BCUT2D eigenvalue weighted by Gasteiger charge is 2.23. The number of fused-ring (bicyclic) bond motifs is 5. The van der Waals surface area contributed by atoms with Crippen molar-refractivity contribution in [3.63, 3.8) is 0 Å². The van der Waals surface area contributed by atoms with Crippen LogP contribution in [0.2, 0.25) is 0 Å². The number of aliphatic imine (C=N–C) groups is 2. The molecule has 1 aliphatic heterocycles. The van der Waals surface area contributed by atoms with E-state index >= 15 is 8.78 Å². The Morgan fingerprint density at radius 2 is 1.92 bits per heavy atom. The molecule has 0 fully saturated rings. The predicted molar refractivity (Wildman–Crippen MR) is 156 cm³/mol. The first kappa shape index (κ1) is 28.4. The number of aromatic nitrogens is 1. The zero-order valence-corrected chi connectivity index (χ0v) is 23.9. The summed E-state index contributed by atoms with van der Waals surface area (Å²) in [5, 5.41) is 2.57. The van der Waals surface area contributed by atoms with E-state index in [-0.39, 0.29) is 33.1 Å². The Morgan fingerprint density at radius 1 is 1.16 bits per heavy atom. The maximum Gasteiger partial charge on any atom is 0.184 e. The highest BCUT2D eigenvalue weighted by Crippen LogP contribution is 2.41. The van der Waals surface area contributed by atoms with Crippen molar-refractivity contribution in [2.45, 2.75) is 49.8 Å². The Kier molecular flexibility index (Phi) is 8.67. The van der Waals surface area contributed by atoms with Crippen LogP contribution in [0.4, 0.5) is 13.2 Å². The van der Waals surface area contributed by atoms with Gasteiger partial charge in [-0.3, -0.25) is 4.99 Å². The minimum atomic E-state index is -0.935. The molecular weight excluding hydrogens is 525 g/mol. The Morgan fingerprint density at radius 3 is 2.66 bits per heavy atom. The van der Waals surface area contributed by atoms with E-state index in [1.165, 1.54) is 13.1 Å². The summed E-state index contributed by atoms with van der Waals surface area (Å²) in [5.74, 6) is -0.924. The minimum Gasteiger partial charge on any atom is -0.387 e. The summed E-state index contributed by atoms with van der Waals surface area (Å²) in [7, 11) is 3.22. The van der Waals surface area contributed by atoms with Gasteiger partial charge in [0.2, 0.25) is 0 Å². The van der Waals surface area contributed by atoms with Crippen molar-refractivity contribution in [3.8, 4) is 0 Å². The molecule has 0 aliphatic carbocycles. The molecule has 1 aromatic heterocycles. The standard InChI is InChI=1S/C29H33F3N4S2/c1-17-7-6-12-29(2,3)16-37-14-11-20-19-10-13-36(5)25(19)23(31)24(32)26(20)38-18-8-9-22(30)21(15-18)28(34-4)35-27(17)33/h8-11,13-15,17H,6-7,12,16H2,1-5H3,(H2,33,34,35)/b14-11+. The summed E-state index contributed by atoms with van der Waals surface area (Å²) in [4.78, 5) is 9.33. The van der Waals surface area contributed by atoms with Crippen LogP contribution in [0.1, 0.15) is 51.2 Å². The smallest absolute Gasteiger partial charge is 0.184 e. The molecule has 2 N–H and O–H groups in total. The third kappa shape index (κ3) is 5.99. The molecule has 1 unspecified atom stereocenters. The van der Waals surface area contributed by atoms with Crippen LogP contribution in [0.15, 0.2) is 55.6 Å². The molecule has 0 amide bonds. The topological polar surface area (TPSA) is 55.7 Å². The number of hydrogen-bond donors (Lipinski definition) is 1. The molecular formula is C29H33F3N4S2. The zero-order valence-electron chi connectivity index (χ0n) is 22.3. The largest absolute Gasteiger partial charge is 0.387 e. The molecule has 0 saturated carbocycles. The molecule has 0 spiro atoms. The molecule has 3 aromatic rings. The Labute approximate surface area is 230 Å². The summed E-state index contributed by atoms with van der Waals surface area (Å²) >= 11 is 2.70. The highest BCUT2D eigenvalue weighted by atomic mass is 32.2. The van der Waals surface area contributed by atoms with Gasteiger partial charge in [0.05, 0.1) is 16.0 Å². The van der Waals surface area contributed by atoms with Crippen molar-refractivity contribution in [2.24, 2.45) is 34.1 Å². The van der Waals surface area contributed by atoms with E-state index in [9.17, 15) is 4.39 Å². The number of nitrogens with zero attached hydrogens (tertiary/aromatic N) is 3. The molecule has 0 saturated heterocycles. The Bertz CT molecular complexity index is 1440. The number of hydrogen-bond acceptors (Lipinski definition) is 4. The molecule has 38 heavy (non-hydrogen) atoms. The van der Waals surface area contributed by atoms with Crippen molar-refractivity contribution in [2.75, 3.05) is 12.8 Å². The van der Waals surface area contributed by atoms with Crippen LogP contribution in [0.3, 0.4) is 0 Å². The summed E-state index contributed by atoms with van der Waals surface area (Å²) in [6.07, 6.45) is 6.39. The van der Waals surface area contributed by atoms with Gasteiger partial charge in [-0.2, -0.15) is 0 Å². The minimum absolute atomic E-state index is 0.00632. The molecule has 202 valence electrons. The summed E-state index contributed by atoms with van der Waals surface area (Å²) in [6.45, 7) is 6.45. The van der Waals surface area contributed by atoms with E-state index in [1.54, 1.807) is 47.8 Å². The van der Waals surface area contributed by atoms with Gasteiger partial charge >= 0.3 is 0 Å². The fourth-order valence-electron chi connectivity index (χ4n) is 4.55. The molecule has 9 heteroatoms. The SMILES string of the molecule is CN=C1N=C(N)C(C)CCCC(C)(C)CS/C=C/c2c(c(F)c(F)c3c2ccn3C)Sc2ccc(F)c1c2. The number of nitrogens with two attached hydrogens (primary N) is 1. The molecule has 0 radical (unpaired) electrons. The lowest BCUT2D eigenvalue weighted by Crippen LogP contribution is -2.24. The monoisotopic (exact) mass is 558 g/mol. The maximum absolute atomic E-state index is 15.6. The van der Waals surface area contributed by atoms with E-state index in [4.69, 9.17) is 5.73 Å². The van der Waals surface area contributed by atoms with Gasteiger partial charge in [-0.1, -0.05) is 39.0 Å². The van der Waals surface area contributed by atoms with E-state index in [0.29, 0.717) is 21.7 Å². The first-order chi connectivity index (χ1) is 18.0. The number of benzene rings is 2. The third-order valence-corrected chi connectivity index (χ3v) is 9.22. The van der Waals surface area contributed by atoms with Gasteiger partial charge in [0.25, 0.3) is 0 Å². The van der Waals surface area contributed by atoms with E-state index in [0.717, 1.165) is 36.8 Å². The highest BCUT2D eigenvalue weighted by molar-refractivity contribution is 8.02. The first-order valence-electron chi connectivity index (χ1n) is 12.5. The summed E-state index contributed by atoms with van der Waals surface area (Å²) < 4.78 is 47.3. The van der Waals surface area contributed by atoms with Gasteiger partial charge in [-0.25, -0.2) is 18.2 Å². The predicted octanol–water partition coefficient (Wildman–Crippen LogP) is 8.03. The molecule has 1 atom stereocenters. The van der Waals surface area contributed by atoms with Crippen LogP contribution in [-0.4, -0.2) is 29.0 Å². The third-order valence-electron chi connectivity index (χ3n) is 6.85. The van der Waals surface area contributed by atoms with Crippen LogP contribution in [0, 0.1) is 28.8 Å². The van der Waals surface area contributed by atoms with Crippen molar-refractivity contribution in [1.82, 2.24) is 4.57 Å². The molecule has 1 aliphatic rings. The van der Waals surface area contributed by atoms with Crippen molar-refractivity contribution in [3.05, 3.63) is 64.4 Å². The van der Waals surface area contributed by atoms with Crippen LogP contribution in [0.5, 0.6) is 0 Å². The Hall–Kier alpha value is -2.65. The Balaban J connectivity index is 1.89. The quantitative estimate of drug-likeness (QED) is 0.304. The van der Waals surface area contributed by atoms with Gasteiger partial charge < -0.3 is 10.3 Å². The van der Waals surface area contributed by atoms with E-state index in [2.05, 4.69) is 23.8 Å². The van der Waals surface area contributed by atoms with Crippen LogP contribution >= 0.6 is 23.5 Å². The van der Waals surface area contributed by atoms with Gasteiger partial charge in [0.1, 0.15) is 11.7 Å². The maximum atomic E-state index is 15.6. The number of rotatable bonds is 0. The van der Waals surface area contributed by atoms with Crippen LogP contribution in [-0.2, 0) is 7.05 Å². The van der Waals surface area contributed by atoms with Crippen molar-refractivity contribution >= 4 is 52.2 Å². The molecule has 2 aromatic carbocycles. The lowest BCUT2D eigenvalue weighted by Gasteiger charge is -2.24. The lowest BCUT2D eigenvalue weighted by atomic mass is 9.87. The lowest BCUT2D eigenvalue weighted by molar-refractivity contribution is 0.362. The second kappa shape index (κ2) is 11.6. The summed E-state index contributed by atoms with van der Waals surface area (Å²) in [6, 6.07) is 6.18. The van der Waals surface area contributed by atoms with E-state index in [1.807, 2.05) is 18.4 Å². The van der Waals surface area contributed by atoms with Crippen molar-refractivity contribution in [1.29, 1.82) is 0 Å². The molecule has 4 nitrogen and oxygen atoms in total. The second-order valence-corrected chi connectivity index (χ2v) is 12.4. The van der Waals surface area contributed by atoms with Crippen LogP contribution in [0.25, 0.3) is 17.0 Å². The average Bonchev–Trinajstić information content (AvgIpc) is 3.26. The van der Waals surface area contributed by atoms with E-state index < -0.39 is 17.5 Å². The normalized spacial score (nSPS) is 21.0. The first-order valence-corrected chi connectivity index (χ1v) is 14.4. The van der Waals surface area contributed by atoms with Crippen molar-refractivity contribution < 1.29 is 13.2 Å². The van der Waals surface area contributed by atoms with Crippen LogP contribution < -0.4 is 5.73 Å². The van der Waals surface area contributed by atoms with Gasteiger partial charge in [0, 0.05) is 47.8 Å². The fourth-order valence-corrected chi connectivity index (χ4v) is 6.49. The number of amidine groups is 2. The number of halogens is 3. The average molecular weight is 559 g/mol. The molecule has 4 rings (SSSR count). The molecule has 2 bridgehead atoms. The van der Waals surface area contributed by atoms with Gasteiger partial charge in [-0.15, -0.1) is 11.8 Å². The second-order valence-electron chi connectivity index (χ2n) is 10.5. The number of aryl methyl sites for hydroxylation is 1. The number of thioether (sulfide) groups is 1. The summed E-state index contributed by atoms with van der Waals surface area (Å²) in [5.41, 5.74) is 7.32.